The van der Waals surface area contributed by atoms with E-state index in [9.17, 15) is 0 Å². The molecule has 0 saturated carbocycles. The second-order valence-corrected chi connectivity index (χ2v) is 12.5. The molecular formula is C46H30N2O2. The van der Waals surface area contributed by atoms with Crippen molar-refractivity contribution in [2.45, 2.75) is 0 Å². The lowest BCUT2D eigenvalue weighted by Crippen LogP contribution is -2.10. The third-order valence-electron chi connectivity index (χ3n) is 9.59. The van der Waals surface area contributed by atoms with E-state index in [2.05, 4.69) is 180 Å². The van der Waals surface area contributed by atoms with Crippen LogP contribution < -0.4 is 9.80 Å². The molecule has 0 radical (unpaired) electrons. The van der Waals surface area contributed by atoms with Gasteiger partial charge in [-0.05, 0) is 90.3 Å². The molecule has 0 N–H and O–H groups in total. The Morgan fingerprint density at radius 2 is 0.780 bits per heavy atom. The van der Waals surface area contributed by atoms with Gasteiger partial charge in [-0.15, -0.1) is 0 Å². The highest BCUT2D eigenvalue weighted by atomic mass is 16.3. The molecule has 50 heavy (non-hydrogen) atoms. The number of fused-ring (bicyclic) bond motifs is 9. The minimum absolute atomic E-state index is 0.828. The molecule has 0 spiro atoms. The molecule has 236 valence electrons. The number of hydrogen-bond donors (Lipinski definition) is 0. The van der Waals surface area contributed by atoms with Crippen LogP contribution >= 0.6 is 0 Å². The molecule has 2 aromatic heterocycles. The van der Waals surface area contributed by atoms with Crippen molar-refractivity contribution in [3.05, 3.63) is 182 Å². The Balaban J connectivity index is 1.32. The summed E-state index contributed by atoms with van der Waals surface area (Å²) in [6, 6.07) is 63.5. The van der Waals surface area contributed by atoms with Gasteiger partial charge in [-0.25, -0.2) is 0 Å². The van der Waals surface area contributed by atoms with Crippen LogP contribution in [0, 0.1) is 0 Å². The molecule has 2 heterocycles. The minimum Gasteiger partial charge on any atom is -0.456 e. The number of anilines is 6. The van der Waals surface area contributed by atoms with Crippen LogP contribution in [0.1, 0.15) is 0 Å². The molecule has 0 atom stereocenters. The van der Waals surface area contributed by atoms with E-state index < -0.39 is 0 Å². The van der Waals surface area contributed by atoms with Crippen LogP contribution in [0.5, 0.6) is 0 Å². The van der Waals surface area contributed by atoms with Crippen LogP contribution in [0.25, 0.3) is 54.6 Å². The standard InChI is InChI=1S/C46H30N2O2/c1-5-15-31(16-6-1)47(32-17-7-2-8-18-32)35-25-27-41-38(29-35)44-37-26-28-42-46(36-23-13-14-24-40(36)49-42)45(37)39(30-43(44)50-41)48(33-19-9-3-10-20-33)34-21-11-4-12-22-34/h1-30H. The lowest BCUT2D eigenvalue weighted by Gasteiger charge is -2.27. The number of nitrogens with zero attached hydrogens (tertiary/aromatic N) is 2. The first kappa shape index (κ1) is 28.3. The third-order valence-corrected chi connectivity index (χ3v) is 9.59. The van der Waals surface area contributed by atoms with Gasteiger partial charge in [0.2, 0.25) is 0 Å². The van der Waals surface area contributed by atoms with Gasteiger partial charge in [-0.1, -0.05) is 91.0 Å². The second kappa shape index (κ2) is 11.4. The Morgan fingerprint density at radius 1 is 0.280 bits per heavy atom. The predicted octanol–water partition coefficient (Wildman–Crippen LogP) is 13.6. The average Bonchev–Trinajstić information content (AvgIpc) is 3.75. The molecule has 4 nitrogen and oxygen atoms in total. The van der Waals surface area contributed by atoms with Gasteiger partial charge in [0.1, 0.15) is 22.3 Å². The molecule has 10 rings (SSSR count). The van der Waals surface area contributed by atoms with E-state index in [4.69, 9.17) is 8.83 Å². The van der Waals surface area contributed by atoms with E-state index in [-0.39, 0.29) is 0 Å². The molecule has 0 amide bonds. The maximum atomic E-state index is 6.78. The third kappa shape index (κ3) is 4.46. The van der Waals surface area contributed by atoms with Crippen molar-refractivity contribution in [1.29, 1.82) is 0 Å². The summed E-state index contributed by atoms with van der Waals surface area (Å²) < 4.78 is 13.3. The Bertz CT molecular complexity index is 2730. The molecular weight excluding hydrogens is 613 g/mol. The van der Waals surface area contributed by atoms with Gasteiger partial charge in [0.25, 0.3) is 0 Å². The van der Waals surface area contributed by atoms with Crippen LogP contribution in [-0.2, 0) is 0 Å². The monoisotopic (exact) mass is 642 g/mol. The second-order valence-electron chi connectivity index (χ2n) is 12.5. The van der Waals surface area contributed by atoms with Crippen molar-refractivity contribution < 1.29 is 8.83 Å². The summed E-state index contributed by atoms with van der Waals surface area (Å²) in [5.41, 5.74) is 9.77. The molecule has 0 unspecified atom stereocenters. The van der Waals surface area contributed by atoms with E-state index >= 15 is 0 Å². The summed E-state index contributed by atoms with van der Waals surface area (Å²) in [4.78, 5) is 4.62. The fourth-order valence-electron chi connectivity index (χ4n) is 7.47. The van der Waals surface area contributed by atoms with Crippen LogP contribution in [0.4, 0.5) is 34.1 Å². The highest BCUT2D eigenvalue weighted by molar-refractivity contribution is 6.31. The summed E-state index contributed by atoms with van der Waals surface area (Å²) >= 11 is 0. The van der Waals surface area contributed by atoms with Crippen LogP contribution in [0.2, 0.25) is 0 Å². The van der Waals surface area contributed by atoms with Crippen molar-refractivity contribution in [2.75, 3.05) is 9.80 Å². The van der Waals surface area contributed by atoms with Crippen molar-refractivity contribution in [3.8, 4) is 0 Å². The lowest BCUT2D eigenvalue weighted by atomic mass is 9.96. The van der Waals surface area contributed by atoms with Gasteiger partial charge in [-0.2, -0.15) is 0 Å². The first-order valence-corrected chi connectivity index (χ1v) is 16.9. The zero-order valence-electron chi connectivity index (χ0n) is 27.0. The lowest BCUT2D eigenvalue weighted by molar-refractivity contribution is 0.668. The van der Waals surface area contributed by atoms with Gasteiger partial charge in [0, 0.05) is 61.4 Å². The molecule has 10 aromatic rings. The van der Waals surface area contributed by atoms with Crippen LogP contribution in [0.15, 0.2) is 191 Å². The number of furan rings is 2. The Hall–Kier alpha value is -6.78. The maximum absolute atomic E-state index is 6.78. The van der Waals surface area contributed by atoms with Crippen molar-refractivity contribution in [3.63, 3.8) is 0 Å². The van der Waals surface area contributed by atoms with Gasteiger partial charge in [0.05, 0.1) is 5.69 Å². The summed E-state index contributed by atoms with van der Waals surface area (Å²) in [5.74, 6) is 0. The molecule has 4 heteroatoms. The zero-order chi connectivity index (χ0) is 33.0. The van der Waals surface area contributed by atoms with E-state index in [0.29, 0.717) is 0 Å². The predicted molar refractivity (Wildman–Crippen MR) is 208 cm³/mol. The fraction of sp³-hybridized carbons (Fsp3) is 0. The van der Waals surface area contributed by atoms with Crippen LogP contribution in [0.3, 0.4) is 0 Å². The topological polar surface area (TPSA) is 32.8 Å². The highest BCUT2D eigenvalue weighted by Crippen LogP contribution is 2.49. The summed E-state index contributed by atoms with van der Waals surface area (Å²) in [5, 5.41) is 6.54. The van der Waals surface area contributed by atoms with Crippen LogP contribution in [-0.4, -0.2) is 0 Å². The number of benzene rings is 8. The Morgan fingerprint density at radius 3 is 1.40 bits per heavy atom. The Kier molecular flexibility index (Phi) is 6.46. The maximum Gasteiger partial charge on any atom is 0.138 e. The van der Waals surface area contributed by atoms with Gasteiger partial charge in [-0.3, -0.25) is 0 Å². The number of para-hydroxylation sites is 5. The largest absolute Gasteiger partial charge is 0.456 e. The molecule has 0 bridgehead atoms. The van der Waals surface area contributed by atoms with Gasteiger partial charge < -0.3 is 18.6 Å². The van der Waals surface area contributed by atoms with E-state index in [1.54, 1.807) is 0 Å². The highest BCUT2D eigenvalue weighted by Gasteiger charge is 2.24. The average molecular weight is 643 g/mol. The molecule has 0 fully saturated rings. The van der Waals surface area contributed by atoms with E-state index in [1.807, 2.05) is 12.1 Å². The normalized spacial score (nSPS) is 11.6. The van der Waals surface area contributed by atoms with Crippen molar-refractivity contribution >= 4 is 88.8 Å². The Labute approximate surface area is 288 Å². The molecule has 0 aliphatic rings. The summed E-state index contributed by atoms with van der Waals surface area (Å²) in [7, 11) is 0. The zero-order valence-corrected chi connectivity index (χ0v) is 27.0. The molecule has 0 aliphatic carbocycles. The summed E-state index contributed by atoms with van der Waals surface area (Å²) in [6.45, 7) is 0. The van der Waals surface area contributed by atoms with Gasteiger partial charge in [0.15, 0.2) is 0 Å². The minimum atomic E-state index is 0.828. The number of rotatable bonds is 6. The molecule has 0 aliphatic heterocycles. The van der Waals surface area contributed by atoms with Gasteiger partial charge >= 0.3 is 0 Å². The van der Waals surface area contributed by atoms with E-state index in [1.165, 1.54) is 0 Å². The molecule has 8 aromatic carbocycles. The first-order valence-electron chi connectivity index (χ1n) is 16.9. The van der Waals surface area contributed by atoms with Crippen molar-refractivity contribution in [2.24, 2.45) is 0 Å². The van der Waals surface area contributed by atoms with E-state index in [0.717, 1.165) is 88.8 Å². The van der Waals surface area contributed by atoms with Crippen molar-refractivity contribution in [1.82, 2.24) is 0 Å². The fourth-order valence-corrected chi connectivity index (χ4v) is 7.47. The quantitative estimate of drug-likeness (QED) is 0.181. The SMILES string of the molecule is c1ccc(N(c2ccccc2)c2ccc3oc4cc(N(c5ccccc5)c5ccccc5)c5c(ccc6oc7ccccc7c65)c4c3c2)cc1. The smallest absolute Gasteiger partial charge is 0.138 e. The number of hydrogen-bond acceptors (Lipinski definition) is 4. The molecule has 0 saturated heterocycles. The summed E-state index contributed by atoms with van der Waals surface area (Å²) in [6.07, 6.45) is 0. The first-order chi connectivity index (χ1) is 24.8.